The highest BCUT2D eigenvalue weighted by Crippen LogP contribution is 2.12. The quantitative estimate of drug-likeness (QED) is 0.836. The number of aryl methyl sites for hydroxylation is 1. The molecule has 1 heterocycles. The van der Waals surface area contributed by atoms with Crippen LogP contribution < -0.4 is 5.32 Å². The summed E-state index contributed by atoms with van der Waals surface area (Å²) in [5.41, 5.74) is 2.81. The second-order valence-corrected chi connectivity index (χ2v) is 4.17. The number of carbonyl (C=O) groups excluding carboxylic acids is 1. The topological polar surface area (TPSA) is 75.4 Å². The number of nitrogens with one attached hydrogen (secondary N) is 1. The fourth-order valence-electron chi connectivity index (χ4n) is 1.63. The minimum Gasteiger partial charge on any atom is -0.395 e. The van der Waals surface area contributed by atoms with Crippen LogP contribution in [0.4, 0.5) is 5.69 Å². The summed E-state index contributed by atoms with van der Waals surface area (Å²) in [5, 5.41) is 14.9. The SMILES string of the molecule is Cc1cc(C(=O)Nc2cnoc2)ccc1C#CCCO. The molecule has 5 nitrogen and oxygen atoms in total. The van der Waals surface area contributed by atoms with Gasteiger partial charge in [-0.1, -0.05) is 17.0 Å². The number of aliphatic hydroxyl groups is 1. The molecule has 0 fully saturated rings. The van der Waals surface area contributed by atoms with Gasteiger partial charge in [0, 0.05) is 17.5 Å². The van der Waals surface area contributed by atoms with Crippen molar-refractivity contribution in [1.82, 2.24) is 5.16 Å². The first kappa shape index (κ1) is 13.8. The summed E-state index contributed by atoms with van der Waals surface area (Å²) in [6, 6.07) is 5.27. The van der Waals surface area contributed by atoms with E-state index in [2.05, 4.69) is 26.8 Å². The molecule has 0 unspecified atom stereocenters. The van der Waals surface area contributed by atoms with E-state index in [1.165, 1.54) is 12.5 Å². The molecule has 0 bridgehead atoms. The van der Waals surface area contributed by atoms with Gasteiger partial charge in [0.05, 0.1) is 12.8 Å². The molecule has 5 heteroatoms. The molecule has 0 spiro atoms. The van der Waals surface area contributed by atoms with Crippen LogP contribution in [0.25, 0.3) is 0 Å². The van der Waals surface area contributed by atoms with Gasteiger partial charge in [0.2, 0.25) is 0 Å². The Bertz CT molecular complexity index is 651. The van der Waals surface area contributed by atoms with Crippen LogP contribution in [-0.4, -0.2) is 22.8 Å². The van der Waals surface area contributed by atoms with E-state index in [1.54, 1.807) is 18.2 Å². The summed E-state index contributed by atoms with van der Waals surface area (Å²) in [6.07, 6.45) is 3.23. The number of hydrogen-bond donors (Lipinski definition) is 2. The first-order valence-electron chi connectivity index (χ1n) is 6.12. The Morgan fingerprint density at radius 1 is 1.50 bits per heavy atom. The highest BCUT2D eigenvalue weighted by atomic mass is 16.5. The zero-order valence-corrected chi connectivity index (χ0v) is 11.0. The monoisotopic (exact) mass is 270 g/mol. The van der Waals surface area contributed by atoms with Gasteiger partial charge in [-0.15, -0.1) is 0 Å². The van der Waals surface area contributed by atoms with Gasteiger partial charge in [0.25, 0.3) is 5.91 Å². The Kier molecular flexibility index (Phi) is 4.53. The van der Waals surface area contributed by atoms with Gasteiger partial charge in [-0.25, -0.2) is 0 Å². The van der Waals surface area contributed by atoms with Crippen LogP contribution >= 0.6 is 0 Å². The summed E-state index contributed by atoms with van der Waals surface area (Å²) in [7, 11) is 0. The van der Waals surface area contributed by atoms with Gasteiger partial charge in [-0.05, 0) is 30.7 Å². The molecule has 0 saturated heterocycles. The molecule has 0 aliphatic rings. The van der Waals surface area contributed by atoms with Gasteiger partial charge >= 0.3 is 0 Å². The Balaban J connectivity index is 2.12. The Labute approximate surface area is 116 Å². The van der Waals surface area contributed by atoms with Gasteiger partial charge in [0.15, 0.2) is 0 Å². The number of hydrogen-bond acceptors (Lipinski definition) is 4. The maximum atomic E-state index is 12.0. The predicted octanol–water partition coefficient (Wildman–Crippen LogP) is 1.97. The third-order valence-electron chi connectivity index (χ3n) is 2.64. The van der Waals surface area contributed by atoms with Crippen LogP contribution in [0.2, 0.25) is 0 Å². The lowest BCUT2D eigenvalue weighted by Crippen LogP contribution is -2.11. The molecule has 0 aliphatic heterocycles. The van der Waals surface area contributed by atoms with Crippen molar-refractivity contribution in [2.24, 2.45) is 0 Å². The number of nitrogens with zero attached hydrogens (tertiary/aromatic N) is 1. The second-order valence-electron chi connectivity index (χ2n) is 4.17. The molecule has 2 aromatic rings. The summed E-state index contributed by atoms with van der Waals surface area (Å²) < 4.78 is 4.65. The smallest absolute Gasteiger partial charge is 0.255 e. The molecular formula is C15H14N2O3. The molecule has 0 aliphatic carbocycles. The first-order valence-corrected chi connectivity index (χ1v) is 6.12. The Hall–Kier alpha value is -2.58. The van der Waals surface area contributed by atoms with Gasteiger partial charge in [0.1, 0.15) is 12.0 Å². The lowest BCUT2D eigenvalue weighted by atomic mass is 10.0. The van der Waals surface area contributed by atoms with Crippen molar-refractivity contribution >= 4 is 11.6 Å². The minimum atomic E-state index is -0.230. The van der Waals surface area contributed by atoms with Crippen molar-refractivity contribution in [1.29, 1.82) is 0 Å². The van der Waals surface area contributed by atoms with Gasteiger partial charge in [-0.3, -0.25) is 4.79 Å². The van der Waals surface area contributed by atoms with E-state index >= 15 is 0 Å². The fourth-order valence-corrected chi connectivity index (χ4v) is 1.63. The minimum absolute atomic E-state index is 0.0469. The summed E-state index contributed by atoms with van der Waals surface area (Å²) in [4.78, 5) is 12.0. The summed E-state index contributed by atoms with van der Waals surface area (Å²) in [5.74, 6) is 5.58. The molecule has 1 aromatic heterocycles. The fraction of sp³-hybridized carbons (Fsp3) is 0.200. The van der Waals surface area contributed by atoms with Crippen LogP contribution in [-0.2, 0) is 0 Å². The van der Waals surface area contributed by atoms with E-state index in [-0.39, 0.29) is 12.5 Å². The van der Waals surface area contributed by atoms with Crippen molar-refractivity contribution in [2.45, 2.75) is 13.3 Å². The van der Waals surface area contributed by atoms with Crippen molar-refractivity contribution in [3.8, 4) is 11.8 Å². The number of benzene rings is 1. The van der Waals surface area contributed by atoms with E-state index in [4.69, 9.17) is 5.11 Å². The third-order valence-corrected chi connectivity index (χ3v) is 2.64. The van der Waals surface area contributed by atoms with Crippen LogP contribution in [0, 0.1) is 18.8 Å². The maximum Gasteiger partial charge on any atom is 0.255 e. The zero-order chi connectivity index (χ0) is 14.4. The van der Waals surface area contributed by atoms with Crippen LogP contribution in [0.5, 0.6) is 0 Å². The van der Waals surface area contributed by atoms with Crippen LogP contribution in [0.1, 0.15) is 27.9 Å². The number of rotatable bonds is 3. The lowest BCUT2D eigenvalue weighted by molar-refractivity contribution is 0.102. The third kappa shape index (κ3) is 3.46. The Morgan fingerprint density at radius 2 is 2.35 bits per heavy atom. The van der Waals surface area contributed by atoms with E-state index in [1.807, 2.05) is 6.92 Å². The highest BCUT2D eigenvalue weighted by molar-refractivity contribution is 6.04. The van der Waals surface area contributed by atoms with E-state index in [9.17, 15) is 4.79 Å². The first-order chi connectivity index (χ1) is 9.70. The lowest BCUT2D eigenvalue weighted by Gasteiger charge is -2.04. The van der Waals surface area contributed by atoms with Crippen molar-refractivity contribution in [3.05, 3.63) is 47.3 Å². The summed E-state index contributed by atoms with van der Waals surface area (Å²) in [6.45, 7) is 1.93. The maximum absolute atomic E-state index is 12.0. The van der Waals surface area contributed by atoms with Crippen molar-refractivity contribution in [3.63, 3.8) is 0 Å². The van der Waals surface area contributed by atoms with E-state index in [0.29, 0.717) is 17.7 Å². The predicted molar refractivity (Wildman–Crippen MR) is 74.2 cm³/mol. The van der Waals surface area contributed by atoms with E-state index in [0.717, 1.165) is 11.1 Å². The van der Waals surface area contributed by atoms with Gasteiger partial charge < -0.3 is 14.9 Å². The number of aliphatic hydroxyl groups excluding tert-OH is 1. The zero-order valence-electron chi connectivity index (χ0n) is 11.0. The van der Waals surface area contributed by atoms with Crippen molar-refractivity contribution in [2.75, 3.05) is 11.9 Å². The summed E-state index contributed by atoms with van der Waals surface area (Å²) >= 11 is 0. The van der Waals surface area contributed by atoms with Crippen molar-refractivity contribution < 1.29 is 14.4 Å². The Morgan fingerprint density at radius 3 is 3.00 bits per heavy atom. The molecule has 2 N–H and O–H groups in total. The van der Waals surface area contributed by atoms with Crippen LogP contribution in [0.15, 0.2) is 35.2 Å². The molecule has 0 radical (unpaired) electrons. The molecule has 0 atom stereocenters. The average molecular weight is 270 g/mol. The van der Waals surface area contributed by atoms with Crippen LogP contribution in [0.3, 0.4) is 0 Å². The average Bonchev–Trinajstić information content (AvgIpc) is 2.93. The number of anilines is 1. The molecule has 1 aromatic carbocycles. The molecule has 20 heavy (non-hydrogen) atoms. The highest BCUT2D eigenvalue weighted by Gasteiger charge is 2.08. The number of amides is 1. The second kappa shape index (κ2) is 6.55. The van der Waals surface area contributed by atoms with E-state index < -0.39 is 0 Å². The number of carbonyl (C=O) groups is 1. The normalized spacial score (nSPS) is 9.70. The molecule has 1 amide bonds. The number of aromatic nitrogens is 1. The molecule has 102 valence electrons. The molecular weight excluding hydrogens is 256 g/mol. The largest absolute Gasteiger partial charge is 0.395 e. The molecule has 2 rings (SSSR count). The molecule has 0 saturated carbocycles. The standard InChI is InChI=1S/C15H14N2O3/c1-11-8-13(6-5-12(11)4-2-3-7-18)15(19)17-14-9-16-20-10-14/h5-6,8-10,18H,3,7H2,1H3,(H,17,19). The van der Waals surface area contributed by atoms with Gasteiger partial charge in [-0.2, -0.15) is 0 Å².